The molecule has 0 N–H and O–H groups in total. The number of aromatic nitrogens is 2. The van der Waals surface area contributed by atoms with Crippen molar-refractivity contribution in [1.29, 1.82) is 0 Å². The van der Waals surface area contributed by atoms with Crippen molar-refractivity contribution in [2.75, 3.05) is 12.9 Å². The van der Waals surface area contributed by atoms with Gasteiger partial charge in [0.1, 0.15) is 16.4 Å². The molecule has 0 saturated carbocycles. The Bertz CT molecular complexity index is 1190. The summed E-state index contributed by atoms with van der Waals surface area (Å²) in [4.78, 5) is 15.7. The van der Waals surface area contributed by atoms with Gasteiger partial charge in [-0.2, -0.15) is 13.8 Å². The number of Topliss-reactive ketones (excluding diaryl/α,β-unsaturated/α-hetero) is 1. The molecule has 3 rings (SSSR count). The Morgan fingerprint density at radius 2 is 1.87 bits per heavy atom. The van der Waals surface area contributed by atoms with E-state index in [0.29, 0.717) is 0 Å². The van der Waals surface area contributed by atoms with Gasteiger partial charge in [-0.1, -0.05) is 47.1 Å². The molecule has 0 aliphatic heterocycles. The first-order chi connectivity index (χ1) is 14.0. The summed E-state index contributed by atoms with van der Waals surface area (Å²) in [5.74, 6) is -2.77. The van der Waals surface area contributed by atoms with Crippen molar-refractivity contribution < 1.29 is 31.3 Å². The molecule has 0 unspecified atom stereocenters. The molecule has 0 aliphatic rings. The molecule has 7 nitrogen and oxygen atoms in total. The van der Waals surface area contributed by atoms with Crippen LogP contribution in [0, 0.1) is 0 Å². The van der Waals surface area contributed by atoms with Crippen molar-refractivity contribution >= 4 is 38.8 Å². The highest BCUT2D eigenvalue weighted by atomic mass is 35.5. The summed E-state index contributed by atoms with van der Waals surface area (Å²) in [6.07, 6.45) is 0. The molecule has 3 aromatic rings. The SMILES string of the molecule is COc1cccc(Cl)c1S(=O)(=O)CC(=O)c1ccc(-c2noc(C(F)(F)Cl)n2)cc1. The van der Waals surface area contributed by atoms with Gasteiger partial charge < -0.3 is 9.26 Å². The molecule has 0 saturated heterocycles. The third kappa shape index (κ3) is 4.61. The first-order valence-electron chi connectivity index (χ1n) is 8.13. The van der Waals surface area contributed by atoms with Crippen LogP contribution < -0.4 is 4.74 Å². The standard InChI is InChI=1S/C18H12Cl2F2N2O5S/c1-28-14-4-2-3-12(19)15(14)30(26,27)9-13(25)10-5-7-11(8-6-10)16-23-17(29-24-16)18(20,21)22/h2-8H,9H2,1H3. The summed E-state index contributed by atoms with van der Waals surface area (Å²) in [6.45, 7) is 0. The number of carbonyl (C=O) groups is 1. The largest absolute Gasteiger partial charge is 0.495 e. The Morgan fingerprint density at radius 1 is 1.20 bits per heavy atom. The fraction of sp³-hybridized carbons (Fsp3) is 0.167. The number of alkyl halides is 3. The van der Waals surface area contributed by atoms with E-state index < -0.39 is 32.6 Å². The lowest BCUT2D eigenvalue weighted by molar-refractivity contribution is 0.0551. The quantitative estimate of drug-likeness (QED) is 0.369. The molecule has 1 aromatic heterocycles. The van der Waals surface area contributed by atoms with E-state index in [1.165, 1.54) is 49.6 Å². The minimum Gasteiger partial charge on any atom is -0.495 e. The fourth-order valence-corrected chi connectivity index (χ4v) is 4.62. The van der Waals surface area contributed by atoms with Gasteiger partial charge in [-0.15, -0.1) is 0 Å². The molecule has 2 aromatic carbocycles. The van der Waals surface area contributed by atoms with Crippen LogP contribution in [0.25, 0.3) is 11.4 Å². The number of methoxy groups -OCH3 is 1. The minimum absolute atomic E-state index is 0.0228. The molecule has 0 atom stereocenters. The molecule has 0 aliphatic carbocycles. The van der Waals surface area contributed by atoms with Crippen LogP contribution in [0.1, 0.15) is 16.2 Å². The molecule has 0 radical (unpaired) electrons. The predicted octanol–water partition coefficient (Wildman–Crippen LogP) is 4.34. The molecule has 0 fully saturated rings. The van der Waals surface area contributed by atoms with Gasteiger partial charge in [0.25, 0.3) is 0 Å². The maximum absolute atomic E-state index is 13.0. The average Bonchev–Trinajstić information content (AvgIpc) is 3.18. The van der Waals surface area contributed by atoms with E-state index in [2.05, 4.69) is 14.7 Å². The Kier molecular flexibility index (Phi) is 6.11. The summed E-state index contributed by atoms with van der Waals surface area (Å²) in [5.41, 5.74) is 0.331. The molecule has 1 heterocycles. The van der Waals surface area contributed by atoms with Gasteiger partial charge in [0.15, 0.2) is 15.6 Å². The lowest BCUT2D eigenvalue weighted by atomic mass is 10.1. The number of hydrogen-bond donors (Lipinski definition) is 0. The maximum atomic E-state index is 13.0. The van der Waals surface area contributed by atoms with E-state index in [1.54, 1.807) is 0 Å². The lowest BCUT2D eigenvalue weighted by Gasteiger charge is -2.11. The number of benzene rings is 2. The van der Waals surface area contributed by atoms with Crippen LogP contribution in [-0.2, 0) is 15.2 Å². The van der Waals surface area contributed by atoms with Crippen molar-refractivity contribution in [2.45, 2.75) is 10.3 Å². The summed E-state index contributed by atoms with van der Waals surface area (Å²) in [5, 5.41) is -0.483. The highest BCUT2D eigenvalue weighted by Crippen LogP contribution is 2.33. The number of carbonyl (C=O) groups excluding carboxylic acids is 1. The molecular weight excluding hydrogens is 465 g/mol. The molecule has 158 valence electrons. The number of halogens is 4. The molecule has 0 spiro atoms. The highest BCUT2D eigenvalue weighted by molar-refractivity contribution is 7.92. The smallest absolute Gasteiger partial charge is 0.400 e. The zero-order chi connectivity index (χ0) is 22.1. The van der Waals surface area contributed by atoms with E-state index in [-0.39, 0.29) is 32.6 Å². The minimum atomic E-state index is -4.10. The van der Waals surface area contributed by atoms with Crippen molar-refractivity contribution in [3.05, 3.63) is 58.9 Å². The van der Waals surface area contributed by atoms with Gasteiger partial charge in [-0.25, -0.2) is 8.42 Å². The fourth-order valence-electron chi connectivity index (χ4n) is 2.54. The second kappa shape index (κ2) is 8.29. The van der Waals surface area contributed by atoms with Gasteiger partial charge in [-0.05, 0) is 23.7 Å². The van der Waals surface area contributed by atoms with Gasteiger partial charge in [-0.3, -0.25) is 4.79 Å². The number of ketones is 1. The maximum Gasteiger partial charge on any atom is 0.400 e. The van der Waals surface area contributed by atoms with Crippen LogP contribution in [0.15, 0.2) is 51.9 Å². The van der Waals surface area contributed by atoms with Gasteiger partial charge in [0, 0.05) is 11.1 Å². The zero-order valence-electron chi connectivity index (χ0n) is 15.1. The predicted molar refractivity (Wildman–Crippen MR) is 104 cm³/mol. The normalized spacial score (nSPS) is 12.0. The van der Waals surface area contributed by atoms with E-state index in [9.17, 15) is 22.0 Å². The van der Waals surface area contributed by atoms with E-state index in [0.717, 1.165) is 0 Å². The Morgan fingerprint density at radius 3 is 2.43 bits per heavy atom. The average molecular weight is 477 g/mol. The van der Waals surface area contributed by atoms with Crippen molar-refractivity contribution in [2.24, 2.45) is 0 Å². The molecule has 0 bridgehead atoms. The monoisotopic (exact) mass is 476 g/mol. The number of nitrogens with zero attached hydrogens (tertiary/aromatic N) is 2. The van der Waals surface area contributed by atoms with Crippen molar-refractivity contribution in [1.82, 2.24) is 10.1 Å². The van der Waals surface area contributed by atoms with Crippen LogP contribution >= 0.6 is 23.2 Å². The highest BCUT2D eigenvalue weighted by Gasteiger charge is 2.35. The zero-order valence-corrected chi connectivity index (χ0v) is 17.4. The number of hydrogen-bond acceptors (Lipinski definition) is 7. The first-order valence-corrected chi connectivity index (χ1v) is 10.5. The van der Waals surface area contributed by atoms with Gasteiger partial charge in [0.2, 0.25) is 5.82 Å². The molecule has 12 heteroatoms. The molecule has 0 amide bonds. The number of sulfone groups is 1. The molecule has 30 heavy (non-hydrogen) atoms. The second-order valence-corrected chi connectivity index (χ2v) is 8.76. The van der Waals surface area contributed by atoms with Crippen molar-refractivity contribution in [3.63, 3.8) is 0 Å². The van der Waals surface area contributed by atoms with Gasteiger partial charge >= 0.3 is 11.3 Å². The Hall–Kier alpha value is -2.56. The summed E-state index contributed by atoms with van der Waals surface area (Å²) in [6, 6.07) is 9.65. The van der Waals surface area contributed by atoms with Crippen LogP contribution in [-0.4, -0.2) is 37.2 Å². The topological polar surface area (TPSA) is 99.4 Å². The van der Waals surface area contributed by atoms with Gasteiger partial charge in [0.05, 0.1) is 12.1 Å². The third-order valence-electron chi connectivity index (χ3n) is 3.92. The lowest BCUT2D eigenvalue weighted by Crippen LogP contribution is -2.17. The van der Waals surface area contributed by atoms with Crippen LogP contribution in [0.2, 0.25) is 5.02 Å². The van der Waals surface area contributed by atoms with E-state index in [1.807, 2.05) is 0 Å². The van der Waals surface area contributed by atoms with Crippen LogP contribution in [0.3, 0.4) is 0 Å². The summed E-state index contributed by atoms with van der Waals surface area (Å²) < 4.78 is 60.8. The number of rotatable bonds is 7. The van der Waals surface area contributed by atoms with Crippen LogP contribution in [0.5, 0.6) is 5.75 Å². The first kappa shape index (κ1) is 22.1. The van der Waals surface area contributed by atoms with E-state index in [4.69, 9.17) is 27.9 Å². The Labute approximate surface area is 179 Å². The summed E-state index contributed by atoms with van der Waals surface area (Å²) in [7, 11) is -2.81. The van der Waals surface area contributed by atoms with E-state index >= 15 is 0 Å². The molecular formula is C18H12Cl2F2N2O5S. The Balaban J connectivity index is 1.82. The second-order valence-electron chi connectivity index (χ2n) is 5.95. The van der Waals surface area contributed by atoms with Crippen molar-refractivity contribution in [3.8, 4) is 17.1 Å². The third-order valence-corrected chi connectivity index (χ3v) is 6.19. The summed E-state index contributed by atoms with van der Waals surface area (Å²) >= 11 is 10.8. The number of ether oxygens (including phenoxy) is 1. The van der Waals surface area contributed by atoms with Crippen LogP contribution in [0.4, 0.5) is 8.78 Å².